The molecule has 3 nitrogen and oxygen atoms in total. The molecule has 18 heavy (non-hydrogen) atoms. The minimum atomic E-state index is 0.163. The van der Waals surface area contributed by atoms with Crippen LogP contribution < -0.4 is 4.90 Å². The first-order valence-electron chi connectivity index (χ1n) is 6.89. The Morgan fingerprint density at radius 3 is 2.61 bits per heavy atom. The van der Waals surface area contributed by atoms with Crippen molar-refractivity contribution in [2.45, 2.75) is 38.8 Å². The van der Waals surface area contributed by atoms with Crippen molar-refractivity contribution in [3.05, 3.63) is 29.8 Å². The number of rotatable bonds is 1. The Morgan fingerprint density at radius 1 is 1.17 bits per heavy atom. The highest BCUT2D eigenvalue weighted by Crippen LogP contribution is 2.34. The topological polar surface area (TPSA) is 23.6 Å². The summed E-state index contributed by atoms with van der Waals surface area (Å²) in [4.78, 5) is 16.4. The van der Waals surface area contributed by atoms with Crippen LogP contribution in [0, 0.1) is 0 Å². The van der Waals surface area contributed by atoms with Gasteiger partial charge in [0.2, 0.25) is 5.91 Å². The molecule has 2 heterocycles. The van der Waals surface area contributed by atoms with Crippen molar-refractivity contribution in [1.82, 2.24) is 4.90 Å². The van der Waals surface area contributed by atoms with Crippen molar-refractivity contribution in [2.24, 2.45) is 0 Å². The third kappa shape index (κ3) is 1.93. The molecule has 0 N–H and O–H groups in total. The smallest absolute Gasteiger partial charge is 0.225 e. The largest absolute Gasteiger partial charge is 0.296 e. The predicted molar refractivity (Wildman–Crippen MR) is 72.5 cm³/mol. The first kappa shape index (κ1) is 11.7. The number of anilines is 1. The first-order chi connectivity index (χ1) is 8.77. The fourth-order valence-corrected chi connectivity index (χ4v) is 3.26. The number of carbonyl (C=O) groups is 1. The van der Waals surface area contributed by atoms with E-state index in [0.29, 0.717) is 0 Å². The van der Waals surface area contributed by atoms with E-state index < -0.39 is 0 Å². The molecule has 2 aliphatic heterocycles. The molecule has 2 aliphatic rings. The standard InChI is InChI=1S/C15H20N2O/c1-12(18)17-14-8-4-3-7-13(14)11-15(17)16-9-5-2-6-10-16/h3-4,7-8,15H,2,5-6,9-11H2,1H3. The van der Waals surface area contributed by atoms with Crippen molar-refractivity contribution < 1.29 is 4.79 Å². The Kier molecular flexibility index (Phi) is 3.08. The van der Waals surface area contributed by atoms with E-state index in [2.05, 4.69) is 23.1 Å². The van der Waals surface area contributed by atoms with Gasteiger partial charge in [0.1, 0.15) is 0 Å². The van der Waals surface area contributed by atoms with Crippen molar-refractivity contribution in [2.75, 3.05) is 18.0 Å². The number of likely N-dealkylation sites (tertiary alicyclic amines) is 1. The lowest BCUT2D eigenvalue weighted by Crippen LogP contribution is -2.50. The normalized spacial score (nSPS) is 24.1. The fraction of sp³-hybridized carbons (Fsp3) is 0.533. The average Bonchev–Trinajstić information content (AvgIpc) is 2.79. The number of nitrogens with zero attached hydrogens (tertiary/aromatic N) is 2. The highest BCUT2D eigenvalue weighted by atomic mass is 16.2. The van der Waals surface area contributed by atoms with E-state index in [1.54, 1.807) is 6.92 Å². The van der Waals surface area contributed by atoms with Crippen LogP contribution in [0.2, 0.25) is 0 Å². The molecule has 0 aliphatic carbocycles. The van der Waals surface area contributed by atoms with Gasteiger partial charge < -0.3 is 0 Å². The SMILES string of the molecule is CC(=O)N1c2ccccc2CC1N1CCCCC1. The number of hydrogen-bond acceptors (Lipinski definition) is 2. The Balaban J connectivity index is 1.90. The quantitative estimate of drug-likeness (QED) is 0.757. The number of amides is 1. The molecular formula is C15H20N2O. The summed E-state index contributed by atoms with van der Waals surface area (Å²) in [5, 5.41) is 0. The van der Waals surface area contributed by atoms with E-state index in [1.807, 2.05) is 11.0 Å². The summed E-state index contributed by atoms with van der Waals surface area (Å²) in [7, 11) is 0. The summed E-state index contributed by atoms with van der Waals surface area (Å²) >= 11 is 0. The first-order valence-corrected chi connectivity index (χ1v) is 6.89. The Hall–Kier alpha value is -1.35. The van der Waals surface area contributed by atoms with Crippen molar-refractivity contribution in [1.29, 1.82) is 0 Å². The van der Waals surface area contributed by atoms with Crippen molar-refractivity contribution in [3.8, 4) is 0 Å². The number of carbonyl (C=O) groups excluding carboxylic acids is 1. The summed E-state index contributed by atoms with van der Waals surface area (Å²) in [5.74, 6) is 0.163. The Morgan fingerprint density at radius 2 is 1.89 bits per heavy atom. The molecule has 3 heteroatoms. The van der Waals surface area contributed by atoms with E-state index in [4.69, 9.17) is 0 Å². The number of hydrogen-bond donors (Lipinski definition) is 0. The van der Waals surface area contributed by atoms with E-state index in [1.165, 1.54) is 24.8 Å². The Bertz CT molecular complexity index is 452. The van der Waals surface area contributed by atoms with Crippen LogP contribution in [0.5, 0.6) is 0 Å². The summed E-state index contributed by atoms with van der Waals surface area (Å²) in [6, 6.07) is 8.30. The summed E-state index contributed by atoms with van der Waals surface area (Å²) in [6.45, 7) is 3.93. The predicted octanol–water partition coefficient (Wildman–Crippen LogP) is 2.41. The van der Waals surface area contributed by atoms with Crippen LogP contribution in [0.25, 0.3) is 0 Å². The van der Waals surface area contributed by atoms with Gasteiger partial charge in [-0.3, -0.25) is 14.6 Å². The maximum atomic E-state index is 12.0. The summed E-state index contributed by atoms with van der Waals surface area (Å²) in [5.41, 5.74) is 2.42. The van der Waals surface area contributed by atoms with Crippen LogP contribution >= 0.6 is 0 Å². The lowest BCUT2D eigenvalue weighted by molar-refractivity contribution is -0.117. The van der Waals surface area contributed by atoms with Gasteiger partial charge in [-0.05, 0) is 24.5 Å². The molecule has 1 amide bonds. The van der Waals surface area contributed by atoms with E-state index in [9.17, 15) is 4.79 Å². The van der Waals surface area contributed by atoms with E-state index >= 15 is 0 Å². The lowest BCUT2D eigenvalue weighted by atomic mass is 10.1. The van der Waals surface area contributed by atoms with Crippen molar-refractivity contribution in [3.63, 3.8) is 0 Å². The molecule has 0 saturated carbocycles. The number of piperidine rings is 1. The molecule has 1 unspecified atom stereocenters. The van der Waals surface area contributed by atoms with E-state index in [0.717, 1.165) is 25.2 Å². The second kappa shape index (κ2) is 4.73. The van der Waals surface area contributed by atoms with Gasteiger partial charge in [0, 0.05) is 32.1 Å². The molecule has 0 aromatic heterocycles. The van der Waals surface area contributed by atoms with Gasteiger partial charge in [-0.15, -0.1) is 0 Å². The van der Waals surface area contributed by atoms with Crippen LogP contribution in [0.4, 0.5) is 5.69 Å². The van der Waals surface area contributed by atoms with Gasteiger partial charge in [0.15, 0.2) is 0 Å². The van der Waals surface area contributed by atoms with Gasteiger partial charge in [0.25, 0.3) is 0 Å². The monoisotopic (exact) mass is 244 g/mol. The average molecular weight is 244 g/mol. The van der Waals surface area contributed by atoms with Gasteiger partial charge >= 0.3 is 0 Å². The fourth-order valence-electron chi connectivity index (χ4n) is 3.26. The summed E-state index contributed by atoms with van der Waals surface area (Å²) < 4.78 is 0. The third-order valence-electron chi connectivity index (χ3n) is 4.10. The maximum absolute atomic E-state index is 12.0. The van der Waals surface area contributed by atoms with Crippen LogP contribution in [0.1, 0.15) is 31.7 Å². The minimum absolute atomic E-state index is 0.163. The molecular weight excluding hydrogens is 224 g/mol. The second-order valence-corrected chi connectivity index (χ2v) is 5.30. The molecule has 1 aromatic carbocycles. The van der Waals surface area contributed by atoms with Crippen LogP contribution in [0.3, 0.4) is 0 Å². The molecule has 1 fully saturated rings. The minimum Gasteiger partial charge on any atom is -0.296 e. The Labute approximate surface area is 108 Å². The molecule has 1 atom stereocenters. The number of benzene rings is 1. The maximum Gasteiger partial charge on any atom is 0.225 e. The van der Waals surface area contributed by atoms with Gasteiger partial charge in [0.05, 0.1) is 6.17 Å². The number of para-hydroxylation sites is 1. The molecule has 1 saturated heterocycles. The molecule has 0 radical (unpaired) electrons. The van der Waals surface area contributed by atoms with Crippen LogP contribution in [-0.2, 0) is 11.2 Å². The molecule has 1 aromatic rings. The lowest BCUT2D eigenvalue weighted by Gasteiger charge is -2.37. The van der Waals surface area contributed by atoms with Crippen LogP contribution in [0.15, 0.2) is 24.3 Å². The number of fused-ring (bicyclic) bond motifs is 1. The van der Waals surface area contributed by atoms with Crippen LogP contribution in [-0.4, -0.2) is 30.1 Å². The van der Waals surface area contributed by atoms with E-state index in [-0.39, 0.29) is 12.1 Å². The summed E-state index contributed by atoms with van der Waals surface area (Å²) in [6.07, 6.45) is 5.09. The van der Waals surface area contributed by atoms with Gasteiger partial charge in [-0.1, -0.05) is 24.6 Å². The zero-order valence-corrected chi connectivity index (χ0v) is 10.9. The highest BCUT2D eigenvalue weighted by Gasteiger charge is 2.35. The van der Waals surface area contributed by atoms with Gasteiger partial charge in [-0.2, -0.15) is 0 Å². The highest BCUT2D eigenvalue weighted by molar-refractivity contribution is 5.94. The molecule has 0 spiro atoms. The second-order valence-electron chi connectivity index (χ2n) is 5.30. The molecule has 96 valence electrons. The third-order valence-corrected chi connectivity index (χ3v) is 4.10. The molecule has 3 rings (SSSR count). The molecule has 0 bridgehead atoms. The van der Waals surface area contributed by atoms with Crippen molar-refractivity contribution >= 4 is 11.6 Å². The van der Waals surface area contributed by atoms with Gasteiger partial charge in [-0.25, -0.2) is 0 Å². The zero-order chi connectivity index (χ0) is 12.5. The zero-order valence-electron chi connectivity index (χ0n) is 10.9.